The zero-order chi connectivity index (χ0) is 12.3. The van der Waals surface area contributed by atoms with E-state index in [4.69, 9.17) is 5.11 Å². The lowest BCUT2D eigenvalue weighted by Gasteiger charge is -2.23. The second-order valence-corrected chi connectivity index (χ2v) is 4.51. The van der Waals surface area contributed by atoms with E-state index in [1.54, 1.807) is 31.8 Å². The normalized spacial score (nSPS) is 11.6. The van der Waals surface area contributed by atoms with Gasteiger partial charge in [-0.3, -0.25) is 9.48 Å². The Morgan fingerprint density at radius 2 is 2.25 bits per heavy atom. The number of nitrogens with zero attached hydrogens (tertiary/aromatic N) is 2. The first-order chi connectivity index (χ1) is 7.39. The van der Waals surface area contributed by atoms with Gasteiger partial charge in [-0.1, -0.05) is 6.92 Å². The molecule has 1 rings (SSSR count). The minimum absolute atomic E-state index is 0.0968. The minimum Gasteiger partial charge on any atom is -0.394 e. The highest BCUT2D eigenvalue weighted by molar-refractivity contribution is 5.95. The molecular weight excluding hydrogens is 206 g/mol. The molecule has 5 nitrogen and oxygen atoms in total. The summed E-state index contributed by atoms with van der Waals surface area (Å²) in [5.41, 5.74) is 0.734. The number of aliphatic hydroxyl groups is 1. The van der Waals surface area contributed by atoms with Crippen LogP contribution in [0.4, 0.5) is 0 Å². The molecule has 5 heteroatoms. The van der Waals surface area contributed by atoms with Crippen molar-refractivity contribution in [2.75, 3.05) is 6.61 Å². The van der Waals surface area contributed by atoms with Crippen molar-refractivity contribution in [1.82, 2.24) is 15.1 Å². The van der Waals surface area contributed by atoms with E-state index in [0.29, 0.717) is 12.0 Å². The van der Waals surface area contributed by atoms with Gasteiger partial charge in [-0.2, -0.15) is 5.10 Å². The third-order valence-corrected chi connectivity index (χ3v) is 2.33. The summed E-state index contributed by atoms with van der Waals surface area (Å²) in [6.45, 7) is 5.40. The van der Waals surface area contributed by atoms with E-state index in [2.05, 4.69) is 10.4 Å². The number of carbonyl (C=O) groups excluding carboxylic acids is 1. The molecule has 0 atom stereocenters. The first-order valence-corrected chi connectivity index (χ1v) is 5.35. The fourth-order valence-electron chi connectivity index (χ4n) is 1.40. The number of aromatic nitrogens is 2. The maximum absolute atomic E-state index is 11.9. The van der Waals surface area contributed by atoms with Crippen LogP contribution in [-0.4, -0.2) is 32.9 Å². The van der Waals surface area contributed by atoms with Crippen molar-refractivity contribution in [3.8, 4) is 0 Å². The van der Waals surface area contributed by atoms with Gasteiger partial charge in [0.05, 0.1) is 23.4 Å². The summed E-state index contributed by atoms with van der Waals surface area (Å²) < 4.78 is 1.62. The lowest BCUT2D eigenvalue weighted by Crippen LogP contribution is -2.46. The molecule has 1 amide bonds. The van der Waals surface area contributed by atoms with Crippen molar-refractivity contribution in [1.29, 1.82) is 0 Å². The molecule has 0 saturated heterocycles. The van der Waals surface area contributed by atoms with Crippen molar-refractivity contribution in [3.05, 3.63) is 17.5 Å². The van der Waals surface area contributed by atoms with Gasteiger partial charge in [0.2, 0.25) is 0 Å². The van der Waals surface area contributed by atoms with Gasteiger partial charge in [-0.15, -0.1) is 0 Å². The monoisotopic (exact) mass is 225 g/mol. The summed E-state index contributed by atoms with van der Waals surface area (Å²) in [5, 5.41) is 16.1. The average molecular weight is 225 g/mol. The molecule has 1 aromatic rings. The first-order valence-electron chi connectivity index (χ1n) is 5.35. The zero-order valence-corrected chi connectivity index (χ0v) is 10.2. The van der Waals surface area contributed by atoms with E-state index < -0.39 is 5.54 Å². The lowest BCUT2D eigenvalue weighted by molar-refractivity contribution is 0.0868. The Kier molecular flexibility index (Phi) is 3.70. The smallest absolute Gasteiger partial charge is 0.255 e. The molecule has 1 heterocycles. The van der Waals surface area contributed by atoms with Gasteiger partial charge in [0, 0.05) is 13.2 Å². The van der Waals surface area contributed by atoms with Crippen molar-refractivity contribution in [2.24, 2.45) is 7.05 Å². The van der Waals surface area contributed by atoms with Gasteiger partial charge < -0.3 is 10.4 Å². The maximum atomic E-state index is 11.9. The number of nitrogens with one attached hydrogen (secondary N) is 1. The quantitative estimate of drug-likeness (QED) is 0.783. The largest absolute Gasteiger partial charge is 0.394 e. The molecule has 0 aromatic carbocycles. The van der Waals surface area contributed by atoms with Crippen molar-refractivity contribution < 1.29 is 9.90 Å². The summed E-state index contributed by atoms with van der Waals surface area (Å²) in [6, 6.07) is 0. The zero-order valence-electron chi connectivity index (χ0n) is 10.2. The SMILES string of the molecule is CCc1nn(C)cc1C(=O)NC(C)(C)CO. The molecule has 0 spiro atoms. The first kappa shape index (κ1) is 12.7. The Balaban J connectivity index is 2.88. The molecule has 0 bridgehead atoms. The highest BCUT2D eigenvalue weighted by Gasteiger charge is 2.22. The van der Waals surface area contributed by atoms with Gasteiger partial charge in [0.25, 0.3) is 5.91 Å². The number of rotatable bonds is 4. The second-order valence-electron chi connectivity index (χ2n) is 4.51. The van der Waals surface area contributed by atoms with Crippen LogP contribution in [0.2, 0.25) is 0 Å². The Morgan fingerprint density at radius 1 is 1.62 bits per heavy atom. The van der Waals surface area contributed by atoms with E-state index in [9.17, 15) is 4.79 Å². The van der Waals surface area contributed by atoms with Crippen molar-refractivity contribution in [2.45, 2.75) is 32.7 Å². The topological polar surface area (TPSA) is 67.2 Å². The predicted molar refractivity (Wildman–Crippen MR) is 61.2 cm³/mol. The summed E-state index contributed by atoms with van der Waals surface area (Å²) >= 11 is 0. The Hall–Kier alpha value is -1.36. The Bertz CT molecular complexity index is 383. The van der Waals surface area contributed by atoms with Crippen molar-refractivity contribution >= 4 is 5.91 Å². The van der Waals surface area contributed by atoms with E-state index in [0.717, 1.165) is 5.69 Å². The van der Waals surface area contributed by atoms with Gasteiger partial charge >= 0.3 is 0 Å². The van der Waals surface area contributed by atoms with Crippen LogP contribution < -0.4 is 5.32 Å². The van der Waals surface area contributed by atoms with Gasteiger partial charge in [0.1, 0.15) is 0 Å². The molecule has 1 aromatic heterocycles. The molecule has 0 fully saturated rings. The van der Waals surface area contributed by atoms with Crippen LogP contribution in [0.1, 0.15) is 36.8 Å². The summed E-state index contributed by atoms with van der Waals surface area (Å²) in [6.07, 6.45) is 2.41. The molecule has 0 unspecified atom stereocenters. The number of aryl methyl sites for hydroxylation is 2. The van der Waals surface area contributed by atoms with Crippen molar-refractivity contribution in [3.63, 3.8) is 0 Å². The van der Waals surface area contributed by atoms with E-state index in [-0.39, 0.29) is 12.5 Å². The van der Waals surface area contributed by atoms with Crippen LogP contribution in [0.5, 0.6) is 0 Å². The highest BCUT2D eigenvalue weighted by atomic mass is 16.3. The molecule has 0 aliphatic heterocycles. The number of hydrogen-bond acceptors (Lipinski definition) is 3. The third-order valence-electron chi connectivity index (χ3n) is 2.33. The molecule has 90 valence electrons. The highest BCUT2D eigenvalue weighted by Crippen LogP contribution is 2.09. The molecule has 16 heavy (non-hydrogen) atoms. The van der Waals surface area contributed by atoms with Gasteiger partial charge in [-0.25, -0.2) is 0 Å². The van der Waals surface area contributed by atoms with Crippen LogP contribution in [0, 0.1) is 0 Å². The number of aliphatic hydroxyl groups excluding tert-OH is 1. The minimum atomic E-state index is -0.613. The fourth-order valence-corrected chi connectivity index (χ4v) is 1.40. The third kappa shape index (κ3) is 2.82. The van der Waals surface area contributed by atoms with Crippen LogP contribution >= 0.6 is 0 Å². The number of carbonyl (C=O) groups is 1. The predicted octanol–water partition coefficient (Wildman–Crippen LogP) is 0.483. The molecule has 2 N–H and O–H groups in total. The Morgan fingerprint density at radius 3 is 2.75 bits per heavy atom. The summed E-state index contributed by atoms with van der Waals surface area (Å²) in [7, 11) is 1.78. The van der Waals surface area contributed by atoms with E-state index in [1.807, 2.05) is 6.92 Å². The van der Waals surface area contributed by atoms with Crippen LogP contribution in [-0.2, 0) is 13.5 Å². The molecule has 0 saturated carbocycles. The molecular formula is C11H19N3O2. The van der Waals surface area contributed by atoms with Crippen LogP contribution in [0.15, 0.2) is 6.20 Å². The molecule has 0 radical (unpaired) electrons. The number of hydrogen-bond donors (Lipinski definition) is 2. The standard InChI is InChI=1S/C11H19N3O2/c1-5-9-8(6-14(4)13-9)10(16)12-11(2,3)7-15/h6,15H,5,7H2,1-4H3,(H,12,16). The van der Waals surface area contributed by atoms with E-state index >= 15 is 0 Å². The molecule has 0 aliphatic rings. The second kappa shape index (κ2) is 4.65. The lowest BCUT2D eigenvalue weighted by atomic mass is 10.1. The maximum Gasteiger partial charge on any atom is 0.255 e. The average Bonchev–Trinajstić information content (AvgIpc) is 2.59. The fraction of sp³-hybridized carbons (Fsp3) is 0.636. The van der Waals surface area contributed by atoms with Crippen LogP contribution in [0.25, 0.3) is 0 Å². The van der Waals surface area contributed by atoms with Crippen LogP contribution in [0.3, 0.4) is 0 Å². The number of amides is 1. The van der Waals surface area contributed by atoms with Gasteiger partial charge in [-0.05, 0) is 20.3 Å². The molecule has 0 aliphatic carbocycles. The van der Waals surface area contributed by atoms with Gasteiger partial charge in [0.15, 0.2) is 0 Å². The Labute approximate surface area is 95.5 Å². The summed E-state index contributed by atoms with van der Waals surface area (Å²) in [4.78, 5) is 11.9. The summed E-state index contributed by atoms with van der Waals surface area (Å²) in [5.74, 6) is -0.191. The van der Waals surface area contributed by atoms with E-state index in [1.165, 1.54) is 0 Å².